The number of hydrogen-bond donors (Lipinski definition) is 1. The van der Waals surface area contributed by atoms with Gasteiger partial charge in [-0.3, -0.25) is 4.90 Å². The summed E-state index contributed by atoms with van der Waals surface area (Å²) >= 11 is 0. The zero-order chi connectivity index (χ0) is 12.7. The second-order valence-electron chi connectivity index (χ2n) is 5.25. The zero-order valence-corrected chi connectivity index (χ0v) is 12.0. The zero-order valence-electron chi connectivity index (χ0n) is 12.0. The molecule has 1 rings (SSSR count). The van der Waals surface area contributed by atoms with Gasteiger partial charge in [0.25, 0.3) is 0 Å². The summed E-state index contributed by atoms with van der Waals surface area (Å²) in [5.41, 5.74) is 5.93. The summed E-state index contributed by atoms with van der Waals surface area (Å²) < 4.78 is 0. The molecule has 1 fully saturated rings. The van der Waals surface area contributed by atoms with Crippen molar-refractivity contribution >= 4 is 0 Å². The molecule has 0 aromatic carbocycles. The van der Waals surface area contributed by atoms with E-state index in [1.807, 2.05) is 0 Å². The van der Waals surface area contributed by atoms with Crippen LogP contribution in [0.3, 0.4) is 0 Å². The van der Waals surface area contributed by atoms with E-state index in [1.54, 1.807) is 0 Å². The van der Waals surface area contributed by atoms with Crippen LogP contribution in [0.1, 0.15) is 40.0 Å². The third kappa shape index (κ3) is 4.57. The predicted octanol–water partition coefficient (Wildman–Crippen LogP) is 1.78. The van der Waals surface area contributed by atoms with Crippen LogP contribution in [0.2, 0.25) is 0 Å². The lowest BCUT2D eigenvalue weighted by Crippen LogP contribution is -2.49. The molecule has 102 valence electrons. The van der Waals surface area contributed by atoms with Crippen LogP contribution in [0.25, 0.3) is 0 Å². The van der Waals surface area contributed by atoms with Gasteiger partial charge in [0.15, 0.2) is 0 Å². The van der Waals surface area contributed by atoms with Crippen LogP contribution in [0, 0.1) is 5.92 Å². The topological polar surface area (TPSA) is 32.5 Å². The Labute approximate surface area is 107 Å². The normalized spacial score (nSPS) is 26.6. The molecule has 3 nitrogen and oxygen atoms in total. The average Bonchev–Trinajstić information content (AvgIpc) is 2.39. The molecule has 0 spiro atoms. The summed E-state index contributed by atoms with van der Waals surface area (Å²) in [6, 6.07) is 0.629. The maximum Gasteiger partial charge on any atom is 0.0221 e. The summed E-state index contributed by atoms with van der Waals surface area (Å²) in [5.74, 6) is 0.910. The van der Waals surface area contributed by atoms with Gasteiger partial charge in [0, 0.05) is 25.7 Å². The van der Waals surface area contributed by atoms with E-state index >= 15 is 0 Å². The lowest BCUT2D eigenvalue weighted by atomic mass is 9.89. The van der Waals surface area contributed by atoms with Gasteiger partial charge in [0.1, 0.15) is 0 Å². The highest BCUT2D eigenvalue weighted by molar-refractivity contribution is 4.82. The van der Waals surface area contributed by atoms with Gasteiger partial charge in [0.05, 0.1) is 0 Å². The Hall–Kier alpha value is -0.120. The molecular formula is C14H31N3. The van der Waals surface area contributed by atoms with Crippen molar-refractivity contribution in [1.82, 2.24) is 9.80 Å². The molecule has 17 heavy (non-hydrogen) atoms. The number of likely N-dealkylation sites (N-methyl/N-ethyl adjacent to an activating group) is 1. The molecule has 1 aliphatic rings. The van der Waals surface area contributed by atoms with Crippen molar-refractivity contribution in [3.05, 3.63) is 0 Å². The van der Waals surface area contributed by atoms with Gasteiger partial charge in [-0.25, -0.2) is 0 Å². The van der Waals surface area contributed by atoms with E-state index in [-0.39, 0.29) is 0 Å². The van der Waals surface area contributed by atoms with Crippen molar-refractivity contribution in [1.29, 1.82) is 0 Å². The molecule has 1 saturated heterocycles. The first-order valence-electron chi connectivity index (χ1n) is 7.41. The van der Waals surface area contributed by atoms with E-state index < -0.39 is 0 Å². The summed E-state index contributed by atoms with van der Waals surface area (Å²) in [6.07, 6.45) is 4.00. The van der Waals surface area contributed by atoms with Gasteiger partial charge in [-0.05, 0) is 38.4 Å². The van der Waals surface area contributed by atoms with E-state index in [0.717, 1.165) is 25.6 Å². The quantitative estimate of drug-likeness (QED) is 0.737. The van der Waals surface area contributed by atoms with Crippen molar-refractivity contribution in [3.8, 4) is 0 Å². The molecule has 2 atom stereocenters. The third-order valence-electron chi connectivity index (χ3n) is 4.39. The Kier molecular flexibility index (Phi) is 7.09. The van der Waals surface area contributed by atoms with Crippen LogP contribution in [0.4, 0.5) is 0 Å². The Morgan fingerprint density at radius 3 is 2.47 bits per heavy atom. The highest BCUT2D eigenvalue weighted by atomic mass is 15.2. The van der Waals surface area contributed by atoms with Crippen molar-refractivity contribution in [2.75, 3.05) is 39.3 Å². The fourth-order valence-corrected chi connectivity index (χ4v) is 2.90. The second kappa shape index (κ2) is 8.06. The standard InChI is InChI=1S/C14H31N3/c1-4-13-7-8-17(14(11-13)12-15)10-9-16(5-2)6-3/h13-14H,4-12,15H2,1-3H3. The number of nitrogens with zero attached hydrogens (tertiary/aromatic N) is 2. The molecule has 2 unspecified atom stereocenters. The highest BCUT2D eigenvalue weighted by Crippen LogP contribution is 2.24. The lowest BCUT2D eigenvalue weighted by molar-refractivity contribution is 0.101. The highest BCUT2D eigenvalue weighted by Gasteiger charge is 2.26. The molecule has 0 aromatic rings. The van der Waals surface area contributed by atoms with Gasteiger partial charge in [0.2, 0.25) is 0 Å². The van der Waals surface area contributed by atoms with Crippen LogP contribution in [-0.2, 0) is 0 Å². The first-order valence-corrected chi connectivity index (χ1v) is 7.41. The monoisotopic (exact) mass is 241 g/mol. The van der Waals surface area contributed by atoms with Crippen molar-refractivity contribution in [2.45, 2.75) is 46.1 Å². The van der Waals surface area contributed by atoms with Crippen LogP contribution in [0.15, 0.2) is 0 Å². The number of hydrogen-bond acceptors (Lipinski definition) is 3. The molecule has 3 heteroatoms. The Morgan fingerprint density at radius 1 is 1.24 bits per heavy atom. The smallest absolute Gasteiger partial charge is 0.0221 e. The van der Waals surface area contributed by atoms with Crippen molar-refractivity contribution < 1.29 is 0 Å². The summed E-state index contributed by atoms with van der Waals surface area (Å²) in [4.78, 5) is 5.12. The minimum atomic E-state index is 0.629. The van der Waals surface area contributed by atoms with Crippen molar-refractivity contribution in [2.24, 2.45) is 11.7 Å². The number of piperidine rings is 1. The molecule has 1 aliphatic heterocycles. The molecule has 0 amide bonds. The summed E-state index contributed by atoms with van der Waals surface area (Å²) in [6.45, 7) is 13.6. The van der Waals surface area contributed by atoms with E-state index in [9.17, 15) is 0 Å². The molecular weight excluding hydrogens is 210 g/mol. The Morgan fingerprint density at radius 2 is 1.94 bits per heavy atom. The first kappa shape index (κ1) is 14.9. The van der Waals surface area contributed by atoms with Crippen molar-refractivity contribution in [3.63, 3.8) is 0 Å². The van der Waals surface area contributed by atoms with Crippen LogP contribution in [-0.4, -0.2) is 55.1 Å². The SMILES string of the molecule is CCC1CCN(CCN(CC)CC)C(CN)C1. The van der Waals surface area contributed by atoms with Gasteiger partial charge >= 0.3 is 0 Å². The molecule has 0 bridgehead atoms. The first-order chi connectivity index (χ1) is 8.24. The Balaban J connectivity index is 2.36. The number of nitrogens with two attached hydrogens (primary N) is 1. The minimum Gasteiger partial charge on any atom is -0.329 e. The van der Waals surface area contributed by atoms with Gasteiger partial charge in [-0.2, -0.15) is 0 Å². The van der Waals surface area contributed by atoms with Crippen LogP contribution >= 0.6 is 0 Å². The van der Waals surface area contributed by atoms with Gasteiger partial charge in [-0.15, -0.1) is 0 Å². The van der Waals surface area contributed by atoms with E-state index in [0.29, 0.717) is 6.04 Å². The Bertz CT molecular complexity index is 192. The summed E-state index contributed by atoms with van der Waals surface area (Å²) in [7, 11) is 0. The maximum absolute atomic E-state index is 5.93. The number of rotatable bonds is 7. The minimum absolute atomic E-state index is 0.629. The molecule has 0 aliphatic carbocycles. The largest absolute Gasteiger partial charge is 0.329 e. The molecule has 2 N–H and O–H groups in total. The van der Waals surface area contributed by atoms with E-state index in [2.05, 4.69) is 30.6 Å². The maximum atomic E-state index is 5.93. The molecule has 0 radical (unpaired) electrons. The fourth-order valence-electron chi connectivity index (χ4n) is 2.90. The number of likely N-dealkylation sites (tertiary alicyclic amines) is 1. The predicted molar refractivity (Wildman–Crippen MR) is 75.2 cm³/mol. The molecule has 0 saturated carbocycles. The van der Waals surface area contributed by atoms with E-state index in [1.165, 1.54) is 38.9 Å². The van der Waals surface area contributed by atoms with Crippen LogP contribution < -0.4 is 5.73 Å². The summed E-state index contributed by atoms with van der Waals surface area (Å²) in [5, 5.41) is 0. The van der Waals surface area contributed by atoms with E-state index in [4.69, 9.17) is 5.73 Å². The average molecular weight is 241 g/mol. The second-order valence-corrected chi connectivity index (χ2v) is 5.25. The lowest BCUT2D eigenvalue weighted by Gasteiger charge is -2.39. The van der Waals surface area contributed by atoms with Gasteiger partial charge < -0.3 is 10.6 Å². The molecule has 0 aromatic heterocycles. The fraction of sp³-hybridized carbons (Fsp3) is 1.00. The third-order valence-corrected chi connectivity index (χ3v) is 4.39. The molecule has 1 heterocycles. The van der Waals surface area contributed by atoms with Gasteiger partial charge in [-0.1, -0.05) is 27.2 Å². The van der Waals surface area contributed by atoms with Crippen LogP contribution in [0.5, 0.6) is 0 Å².